The second kappa shape index (κ2) is 7.97. The first kappa shape index (κ1) is 17.2. The molecule has 0 aliphatic heterocycles. The van der Waals surface area contributed by atoms with Gasteiger partial charge >= 0.3 is 0 Å². The summed E-state index contributed by atoms with van der Waals surface area (Å²) in [6.07, 6.45) is 9.77. The Morgan fingerprint density at radius 3 is 2.67 bits per heavy atom. The molecular formula is C19H28N2O3. The quantitative estimate of drug-likeness (QED) is 0.840. The fraction of sp³-hybridized carbons (Fsp3) is 0.684. The topological polar surface area (TPSA) is 71.5 Å². The molecule has 0 aromatic carbocycles. The summed E-state index contributed by atoms with van der Waals surface area (Å²) >= 11 is 0. The second-order valence-electron chi connectivity index (χ2n) is 7.27. The number of nitrogens with one attached hydrogen (secondary N) is 1. The van der Waals surface area contributed by atoms with Gasteiger partial charge in [-0.05, 0) is 43.1 Å². The van der Waals surface area contributed by atoms with E-state index in [1.54, 1.807) is 13.3 Å². The Hall–Kier alpha value is -1.62. The third-order valence-electron chi connectivity index (χ3n) is 5.46. The van der Waals surface area contributed by atoms with Crippen molar-refractivity contribution in [3.63, 3.8) is 0 Å². The van der Waals surface area contributed by atoms with Crippen LogP contribution in [0.1, 0.15) is 63.0 Å². The Kier molecular flexibility index (Phi) is 5.72. The van der Waals surface area contributed by atoms with Crippen molar-refractivity contribution in [2.24, 2.45) is 11.8 Å². The number of aliphatic hydroxyl groups excluding tert-OH is 1. The predicted octanol–water partition coefficient (Wildman–Crippen LogP) is 2.99. The van der Waals surface area contributed by atoms with Crippen molar-refractivity contribution in [2.75, 3.05) is 7.11 Å². The summed E-state index contributed by atoms with van der Waals surface area (Å²) in [4.78, 5) is 16.8. The van der Waals surface area contributed by atoms with Gasteiger partial charge in [0.2, 0.25) is 11.8 Å². The number of ether oxygens (including phenoxy) is 1. The van der Waals surface area contributed by atoms with Gasteiger partial charge in [0.05, 0.1) is 19.3 Å². The van der Waals surface area contributed by atoms with Crippen molar-refractivity contribution in [3.8, 4) is 5.88 Å². The Balaban J connectivity index is 1.64. The predicted molar refractivity (Wildman–Crippen MR) is 91.6 cm³/mol. The summed E-state index contributed by atoms with van der Waals surface area (Å²) in [5, 5.41) is 12.9. The monoisotopic (exact) mass is 332 g/mol. The lowest BCUT2D eigenvalue weighted by molar-refractivity contribution is -0.124. The molecule has 3 rings (SSSR count). The lowest BCUT2D eigenvalue weighted by atomic mass is 9.75. The second-order valence-corrected chi connectivity index (χ2v) is 7.27. The third-order valence-corrected chi connectivity index (χ3v) is 5.46. The Morgan fingerprint density at radius 2 is 2.08 bits per heavy atom. The molecule has 5 heteroatoms. The smallest absolute Gasteiger partial charge is 0.220 e. The average Bonchev–Trinajstić information content (AvgIpc) is 2.58. The molecule has 2 N–H and O–H groups in total. The molecule has 1 atom stereocenters. The maximum Gasteiger partial charge on any atom is 0.220 e. The van der Waals surface area contributed by atoms with Crippen LogP contribution in [0, 0.1) is 11.8 Å². The third kappa shape index (κ3) is 4.26. The zero-order chi connectivity index (χ0) is 16.9. The number of amides is 1. The van der Waals surface area contributed by atoms with Crippen molar-refractivity contribution < 1.29 is 14.6 Å². The van der Waals surface area contributed by atoms with E-state index in [2.05, 4.69) is 10.3 Å². The van der Waals surface area contributed by atoms with E-state index in [1.807, 2.05) is 12.1 Å². The first-order valence-electron chi connectivity index (χ1n) is 9.13. The summed E-state index contributed by atoms with van der Waals surface area (Å²) < 4.78 is 5.11. The molecule has 24 heavy (non-hydrogen) atoms. The molecule has 2 fully saturated rings. The van der Waals surface area contributed by atoms with Crippen LogP contribution in [-0.4, -0.2) is 29.2 Å². The fourth-order valence-electron chi connectivity index (χ4n) is 3.96. The normalized spacial score (nSPS) is 25.6. The number of carbonyl (C=O) groups is 1. The maximum atomic E-state index is 12.5. The van der Waals surface area contributed by atoms with Gasteiger partial charge in [0.25, 0.3) is 0 Å². The highest BCUT2D eigenvalue weighted by atomic mass is 16.5. The van der Waals surface area contributed by atoms with Gasteiger partial charge in [-0.15, -0.1) is 0 Å². The summed E-state index contributed by atoms with van der Waals surface area (Å²) in [5.74, 6) is 1.51. The highest BCUT2D eigenvalue weighted by molar-refractivity contribution is 5.76. The van der Waals surface area contributed by atoms with Crippen molar-refractivity contribution in [1.82, 2.24) is 10.3 Å². The lowest BCUT2D eigenvalue weighted by Gasteiger charge is -2.38. The summed E-state index contributed by atoms with van der Waals surface area (Å²) in [6, 6.07) is 3.72. The number of nitrogens with zero attached hydrogens (tertiary/aromatic N) is 1. The van der Waals surface area contributed by atoms with Crippen LogP contribution in [0.5, 0.6) is 5.88 Å². The molecule has 0 radical (unpaired) electrons. The van der Waals surface area contributed by atoms with Crippen LogP contribution in [-0.2, 0) is 4.79 Å². The van der Waals surface area contributed by atoms with Gasteiger partial charge in [0, 0.05) is 18.7 Å². The summed E-state index contributed by atoms with van der Waals surface area (Å²) in [6.45, 7) is 0. The van der Waals surface area contributed by atoms with Gasteiger partial charge in [0.15, 0.2) is 0 Å². The number of aliphatic hydroxyl groups is 1. The van der Waals surface area contributed by atoms with E-state index in [0.29, 0.717) is 18.2 Å². The van der Waals surface area contributed by atoms with E-state index >= 15 is 0 Å². The van der Waals surface area contributed by atoms with E-state index in [-0.39, 0.29) is 24.0 Å². The van der Waals surface area contributed by atoms with E-state index in [1.165, 1.54) is 32.1 Å². The van der Waals surface area contributed by atoms with Crippen LogP contribution in [0.15, 0.2) is 18.3 Å². The molecule has 132 valence electrons. The highest BCUT2D eigenvalue weighted by Gasteiger charge is 2.36. The minimum Gasteiger partial charge on any atom is -0.481 e. The minimum absolute atomic E-state index is 0.0668. The van der Waals surface area contributed by atoms with Gasteiger partial charge in [-0.2, -0.15) is 0 Å². The van der Waals surface area contributed by atoms with E-state index < -0.39 is 0 Å². The van der Waals surface area contributed by atoms with Crippen LogP contribution in [0.3, 0.4) is 0 Å². The van der Waals surface area contributed by atoms with Crippen molar-refractivity contribution in [2.45, 2.75) is 63.5 Å². The van der Waals surface area contributed by atoms with Gasteiger partial charge in [0.1, 0.15) is 0 Å². The number of pyridine rings is 1. The molecule has 1 heterocycles. The Bertz CT molecular complexity index is 534. The molecule has 0 saturated heterocycles. The number of hydrogen-bond acceptors (Lipinski definition) is 4. The number of aromatic nitrogens is 1. The standard InChI is InChI=1S/C19H28N2O3/c1-24-18-8-7-14(12-20-18)19(15-10-16(22)11-15)21-17(23)9-13-5-3-2-4-6-13/h7-8,12-13,15-16,19,22H,2-6,9-11H2,1H3,(H,21,23)/t15?,16?,19-/m0/s1. The fourth-order valence-corrected chi connectivity index (χ4v) is 3.96. The van der Waals surface area contributed by atoms with Crippen LogP contribution < -0.4 is 10.1 Å². The zero-order valence-electron chi connectivity index (χ0n) is 14.4. The highest BCUT2D eigenvalue weighted by Crippen LogP contribution is 2.38. The van der Waals surface area contributed by atoms with Crippen molar-refractivity contribution in [1.29, 1.82) is 0 Å². The molecule has 1 amide bonds. The summed E-state index contributed by atoms with van der Waals surface area (Å²) in [5.41, 5.74) is 0.990. The van der Waals surface area contributed by atoms with Gasteiger partial charge < -0.3 is 15.2 Å². The molecule has 2 aliphatic carbocycles. The van der Waals surface area contributed by atoms with E-state index in [0.717, 1.165) is 18.4 Å². The lowest BCUT2D eigenvalue weighted by Crippen LogP contribution is -2.41. The van der Waals surface area contributed by atoms with Crippen LogP contribution in [0.4, 0.5) is 0 Å². The molecule has 5 nitrogen and oxygen atoms in total. The molecule has 0 unspecified atom stereocenters. The molecule has 2 aliphatic rings. The first-order chi connectivity index (χ1) is 11.7. The molecule has 1 aromatic rings. The Labute approximate surface area is 143 Å². The van der Waals surface area contributed by atoms with Gasteiger partial charge in [-0.1, -0.05) is 25.3 Å². The van der Waals surface area contributed by atoms with Crippen molar-refractivity contribution in [3.05, 3.63) is 23.9 Å². The Morgan fingerprint density at radius 1 is 1.33 bits per heavy atom. The molecule has 2 saturated carbocycles. The zero-order valence-corrected chi connectivity index (χ0v) is 14.4. The summed E-state index contributed by atoms with van der Waals surface area (Å²) in [7, 11) is 1.59. The van der Waals surface area contributed by atoms with Crippen LogP contribution >= 0.6 is 0 Å². The minimum atomic E-state index is -0.237. The molecular weight excluding hydrogens is 304 g/mol. The number of methoxy groups -OCH3 is 1. The number of hydrogen-bond donors (Lipinski definition) is 2. The number of carbonyl (C=O) groups excluding carboxylic acids is 1. The first-order valence-corrected chi connectivity index (χ1v) is 9.13. The van der Waals surface area contributed by atoms with Gasteiger partial charge in [-0.25, -0.2) is 4.98 Å². The molecule has 0 bridgehead atoms. The van der Waals surface area contributed by atoms with E-state index in [4.69, 9.17) is 4.74 Å². The molecule has 0 spiro atoms. The number of rotatable bonds is 6. The van der Waals surface area contributed by atoms with Crippen molar-refractivity contribution >= 4 is 5.91 Å². The SMILES string of the molecule is COc1ccc([C@H](NC(=O)CC2CCCCC2)C2CC(O)C2)cn1. The van der Waals surface area contributed by atoms with Crippen LogP contribution in [0.2, 0.25) is 0 Å². The van der Waals surface area contributed by atoms with E-state index in [9.17, 15) is 9.90 Å². The van der Waals surface area contributed by atoms with Crippen LogP contribution in [0.25, 0.3) is 0 Å². The maximum absolute atomic E-state index is 12.5. The van der Waals surface area contributed by atoms with Gasteiger partial charge in [-0.3, -0.25) is 4.79 Å². The largest absolute Gasteiger partial charge is 0.481 e. The molecule has 1 aromatic heterocycles. The average molecular weight is 332 g/mol.